The Labute approximate surface area is 94.5 Å². The van der Waals surface area contributed by atoms with Gasteiger partial charge in [-0.15, -0.1) is 0 Å². The van der Waals surface area contributed by atoms with Gasteiger partial charge in [0, 0.05) is 11.1 Å². The molecule has 0 aliphatic carbocycles. The van der Waals surface area contributed by atoms with E-state index in [2.05, 4.69) is 0 Å². The minimum atomic E-state index is -0.324. The van der Waals surface area contributed by atoms with Crippen molar-refractivity contribution in [1.29, 1.82) is 0 Å². The molecule has 0 aromatic heterocycles. The Morgan fingerprint density at radius 1 is 1.53 bits per heavy atom. The molecule has 15 heavy (non-hydrogen) atoms. The van der Waals surface area contributed by atoms with Crippen molar-refractivity contribution < 1.29 is 9.53 Å². The second-order valence-electron chi connectivity index (χ2n) is 3.09. The van der Waals surface area contributed by atoms with E-state index in [4.69, 9.17) is 16.3 Å². The average Bonchev–Trinajstić information content (AvgIpc) is 2.18. The van der Waals surface area contributed by atoms with Gasteiger partial charge in [-0.3, -0.25) is 0 Å². The smallest absolute Gasteiger partial charge is 0.331 e. The summed E-state index contributed by atoms with van der Waals surface area (Å²) >= 11 is 5.84. The van der Waals surface area contributed by atoms with Gasteiger partial charge < -0.3 is 4.74 Å². The molecule has 0 N–H and O–H groups in total. The second-order valence-corrected chi connectivity index (χ2v) is 3.53. The lowest BCUT2D eigenvalue weighted by molar-refractivity contribution is -0.137. The van der Waals surface area contributed by atoms with Crippen LogP contribution in [0.3, 0.4) is 0 Å². The maximum atomic E-state index is 11.2. The molecule has 0 aliphatic heterocycles. The summed E-state index contributed by atoms with van der Waals surface area (Å²) in [6.45, 7) is 4.02. The van der Waals surface area contributed by atoms with Gasteiger partial charge >= 0.3 is 5.97 Å². The van der Waals surface area contributed by atoms with Gasteiger partial charge in [0.05, 0.1) is 6.61 Å². The fraction of sp³-hybridized carbons (Fsp3) is 0.250. The number of benzene rings is 1. The van der Waals surface area contributed by atoms with Gasteiger partial charge in [-0.1, -0.05) is 23.7 Å². The van der Waals surface area contributed by atoms with E-state index in [-0.39, 0.29) is 5.97 Å². The van der Waals surface area contributed by atoms with E-state index in [1.54, 1.807) is 13.0 Å². The maximum absolute atomic E-state index is 11.2. The van der Waals surface area contributed by atoms with E-state index in [1.165, 1.54) is 6.08 Å². The van der Waals surface area contributed by atoms with Crippen molar-refractivity contribution in [1.82, 2.24) is 0 Å². The monoisotopic (exact) mass is 224 g/mol. The summed E-state index contributed by atoms with van der Waals surface area (Å²) in [4.78, 5) is 11.2. The molecule has 2 nitrogen and oxygen atoms in total. The molecule has 0 aliphatic rings. The number of carbonyl (C=O) groups excluding carboxylic acids is 1. The first-order chi connectivity index (χ1) is 7.13. The molecule has 1 aromatic rings. The first kappa shape index (κ1) is 11.8. The van der Waals surface area contributed by atoms with Crippen LogP contribution in [-0.2, 0) is 9.53 Å². The van der Waals surface area contributed by atoms with E-state index >= 15 is 0 Å². The van der Waals surface area contributed by atoms with E-state index in [0.717, 1.165) is 11.1 Å². The van der Waals surface area contributed by atoms with Crippen LogP contribution in [-0.4, -0.2) is 12.6 Å². The van der Waals surface area contributed by atoms with Crippen LogP contribution in [0.4, 0.5) is 0 Å². The van der Waals surface area contributed by atoms with Crippen LogP contribution in [0, 0.1) is 0 Å². The molecule has 0 spiro atoms. The number of hydrogen-bond donors (Lipinski definition) is 0. The number of carbonyl (C=O) groups is 1. The minimum absolute atomic E-state index is 0.324. The lowest BCUT2D eigenvalue weighted by Gasteiger charge is -2.02. The van der Waals surface area contributed by atoms with Gasteiger partial charge in [0.15, 0.2) is 0 Å². The van der Waals surface area contributed by atoms with Gasteiger partial charge in [0.2, 0.25) is 0 Å². The summed E-state index contributed by atoms with van der Waals surface area (Å²) in [6.07, 6.45) is 1.47. The van der Waals surface area contributed by atoms with Gasteiger partial charge in [0.25, 0.3) is 0 Å². The Bertz CT molecular complexity index is 383. The molecule has 80 valence electrons. The molecule has 0 atom stereocenters. The predicted molar refractivity (Wildman–Crippen MR) is 61.7 cm³/mol. The first-order valence-corrected chi connectivity index (χ1v) is 5.12. The summed E-state index contributed by atoms with van der Waals surface area (Å²) in [5, 5.41) is 0.657. The number of ether oxygens (including phenoxy) is 1. The highest BCUT2D eigenvalue weighted by atomic mass is 35.5. The topological polar surface area (TPSA) is 26.3 Å². The van der Waals surface area contributed by atoms with E-state index in [1.807, 2.05) is 25.1 Å². The molecule has 3 heteroatoms. The predicted octanol–water partition coefficient (Wildman–Crippen LogP) is 3.31. The normalized spacial score (nSPS) is 11.3. The zero-order valence-electron chi connectivity index (χ0n) is 8.79. The Morgan fingerprint density at radius 2 is 2.27 bits per heavy atom. The van der Waals surface area contributed by atoms with Gasteiger partial charge in [-0.05, 0) is 37.1 Å². The molecule has 0 unspecified atom stereocenters. The number of rotatable bonds is 3. The fourth-order valence-corrected chi connectivity index (χ4v) is 1.37. The van der Waals surface area contributed by atoms with E-state index < -0.39 is 0 Å². The molecule has 1 rings (SSSR count). The molecule has 0 amide bonds. The van der Waals surface area contributed by atoms with Gasteiger partial charge in [-0.2, -0.15) is 0 Å². The summed E-state index contributed by atoms with van der Waals surface area (Å²) in [6, 6.07) is 7.35. The van der Waals surface area contributed by atoms with Crippen molar-refractivity contribution in [3.63, 3.8) is 0 Å². The summed E-state index contributed by atoms with van der Waals surface area (Å²) in [5.41, 5.74) is 1.77. The highest BCUT2D eigenvalue weighted by Crippen LogP contribution is 2.18. The number of allylic oxidation sites excluding steroid dienone is 1. The Morgan fingerprint density at radius 3 is 2.87 bits per heavy atom. The standard InChI is InChI=1S/C12H13ClO2/c1-3-15-12(14)7-9(2)10-5-4-6-11(13)8-10/h4-8H,3H2,1-2H3. The van der Waals surface area contributed by atoms with Crippen LogP contribution >= 0.6 is 11.6 Å². The lowest BCUT2D eigenvalue weighted by atomic mass is 10.1. The Kier molecular flexibility index (Phi) is 4.37. The highest BCUT2D eigenvalue weighted by molar-refractivity contribution is 6.30. The highest BCUT2D eigenvalue weighted by Gasteiger charge is 2.01. The van der Waals surface area contributed by atoms with Crippen LogP contribution in [0.1, 0.15) is 19.4 Å². The molecule has 0 radical (unpaired) electrons. The van der Waals surface area contributed by atoms with E-state index in [9.17, 15) is 4.79 Å². The summed E-state index contributed by atoms with van der Waals surface area (Å²) < 4.78 is 4.82. The van der Waals surface area contributed by atoms with Gasteiger partial charge in [-0.25, -0.2) is 4.79 Å². The molecule has 0 saturated heterocycles. The average molecular weight is 225 g/mol. The second kappa shape index (κ2) is 5.56. The molecular formula is C12H13ClO2. The number of esters is 1. The van der Waals surface area contributed by atoms with Crippen molar-refractivity contribution >= 4 is 23.1 Å². The molecule has 1 aromatic carbocycles. The SMILES string of the molecule is CCOC(=O)C=C(C)c1cccc(Cl)c1. The zero-order valence-corrected chi connectivity index (χ0v) is 9.54. The van der Waals surface area contributed by atoms with Gasteiger partial charge in [0.1, 0.15) is 0 Å². The van der Waals surface area contributed by atoms with Crippen LogP contribution in [0.15, 0.2) is 30.3 Å². The first-order valence-electron chi connectivity index (χ1n) is 4.74. The summed E-state index contributed by atoms with van der Waals surface area (Å²) in [7, 11) is 0. The lowest BCUT2D eigenvalue weighted by Crippen LogP contribution is -2.00. The quantitative estimate of drug-likeness (QED) is 0.582. The largest absolute Gasteiger partial charge is 0.463 e. The van der Waals surface area contributed by atoms with Crippen LogP contribution in [0.2, 0.25) is 5.02 Å². The summed E-state index contributed by atoms with van der Waals surface area (Å²) in [5.74, 6) is -0.324. The maximum Gasteiger partial charge on any atom is 0.331 e. The molecular weight excluding hydrogens is 212 g/mol. The van der Waals surface area contributed by atoms with Crippen LogP contribution in [0.25, 0.3) is 5.57 Å². The van der Waals surface area contributed by atoms with Crippen LogP contribution < -0.4 is 0 Å². The fourth-order valence-electron chi connectivity index (χ4n) is 1.18. The third kappa shape index (κ3) is 3.76. The van der Waals surface area contributed by atoms with E-state index in [0.29, 0.717) is 11.6 Å². The van der Waals surface area contributed by atoms with Crippen molar-refractivity contribution in [2.45, 2.75) is 13.8 Å². The van der Waals surface area contributed by atoms with Crippen molar-refractivity contribution in [3.05, 3.63) is 40.9 Å². The molecule has 0 saturated carbocycles. The van der Waals surface area contributed by atoms with Crippen molar-refractivity contribution in [3.8, 4) is 0 Å². The molecule has 0 fully saturated rings. The third-order valence-electron chi connectivity index (χ3n) is 1.90. The van der Waals surface area contributed by atoms with Crippen molar-refractivity contribution in [2.75, 3.05) is 6.61 Å². The molecule has 0 bridgehead atoms. The Balaban J connectivity index is 2.84. The third-order valence-corrected chi connectivity index (χ3v) is 2.14. The van der Waals surface area contributed by atoms with Crippen molar-refractivity contribution in [2.24, 2.45) is 0 Å². The Hall–Kier alpha value is -1.28. The number of halogens is 1. The van der Waals surface area contributed by atoms with Crippen LogP contribution in [0.5, 0.6) is 0 Å². The minimum Gasteiger partial charge on any atom is -0.463 e. The number of hydrogen-bond acceptors (Lipinski definition) is 2. The molecule has 0 heterocycles. The zero-order chi connectivity index (χ0) is 11.3.